The second kappa shape index (κ2) is 9.99. The molecule has 0 unspecified atom stereocenters. The quantitative estimate of drug-likeness (QED) is 0.555. The first-order valence-corrected chi connectivity index (χ1v) is 9.16. The largest absolute Gasteiger partial charge is 0.493 e. The lowest BCUT2D eigenvalue weighted by molar-refractivity contribution is -0.111. The third kappa shape index (κ3) is 5.87. The van der Waals surface area contributed by atoms with Crippen molar-refractivity contribution in [1.29, 1.82) is 0 Å². The second-order valence-electron chi connectivity index (χ2n) is 6.24. The third-order valence-electron chi connectivity index (χ3n) is 4.21. The molecule has 0 aliphatic rings. The number of hydrogen-bond acceptors (Lipinski definition) is 4. The van der Waals surface area contributed by atoms with Crippen LogP contribution in [0.2, 0.25) is 0 Å². The fourth-order valence-electron chi connectivity index (χ4n) is 2.69. The summed E-state index contributed by atoms with van der Waals surface area (Å²) in [6.07, 6.45) is 3.23. The number of carbonyl (C=O) groups excluding carboxylic acids is 1. The molecule has 0 aromatic heterocycles. The van der Waals surface area contributed by atoms with Crippen LogP contribution in [0.5, 0.6) is 17.2 Å². The predicted octanol–water partition coefficient (Wildman–Crippen LogP) is 4.93. The first kappa shape index (κ1) is 20.0. The molecule has 0 bridgehead atoms. The minimum atomic E-state index is -0.235. The van der Waals surface area contributed by atoms with E-state index >= 15 is 0 Å². The van der Waals surface area contributed by atoms with E-state index in [-0.39, 0.29) is 5.91 Å². The van der Waals surface area contributed by atoms with E-state index in [1.54, 1.807) is 38.5 Å². The summed E-state index contributed by atoms with van der Waals surface area (Å²) in [6.45, 7) is 0.518. The molecule has 1 N–H and O–H groups in total. The van der Waals surface area contributed by atoms with Crippen LogP contribution in [0.1, 0.15) is 11.1 Å². The summed E-state index contributed by atoms with van der Waals surface area (Å²) >= 11 is 0. The van der Waals surface area contributed by atoms with Gasteiger partial charge in [-0.25, -0.2) is 0 Å². The molecule has 0 heterocycles. The van der Waals surface area contributed by atoms with Gasteiger partial charge in [-0.2, -0.15) is 0 Å². The third-order valence-corrected chi connectivity index (χ3v) is 4.21. The van der Waals surface area contributed by atoms with E-state index in [1.807, 2.05) is 54.6 Å². The molecule has 148 valence electrons. The van der Waals surface area contributed by atoms with Crippen molar-refractivity contribution < 1.29 is 19.0 Å². The van der Waals surface area contributed by atoms with Gasteiger partial charge in [0.05, 0.1) is 14.2 Å². The van der Waals surface area contributed by atoms with Gasteiger partial charge in [-0.3, -0.25) is 4.79 Å². The summed E-state index contributed by atoms with van der Waals surface area (Å²) < 4.78 is 16.2. The van der Waals surface area contributed by atoms with Gasteiger partial charge in [0.15, 0.2) is 11.5 Å². The van der Waals surface area contributed by atoms with Gasteiger partial charge in [0, 0.05) is 17.8 Å². The highest BCUT2D eigenvalue weighted by Crippen LogP contribution is 2.29. The van der Waals surface area contributed by atoms with Gasteiger partial charge in [0.2, 0.25) is 5.91 Å². The van der Waals surface area contributed by atoms with Gasteiger partial charge in [0.1, 0.15) is 12.4 Å². The molecule has 3 aromatic carbocycles. The van der Waals surface area contributed by atoms with Crippen molar-refractivity contribution in [3.8, 4) is 17.2 Å². The van der Waals surface area contributed by atoms with Crippen molar-refractivity contribution in [2.75, 3.05) is 19.5 Å². The summed E-state index contributed by atoms with van der Waals surface area (Å²) in [5.74, 6) is 1.71. The number of hydrogen-bond donors (Lipinski definition) is 1. The Bertz CT molecular complexity index is 966. The van der Waals surface area contributed by atoms with E-state index in [0.29, 0.717) is 23.8 Å². The summed E-state index contributed by atoms with van der Waals surface area (Å²) in [5, 5.41) is 2.80. The van der Waals surface area contributed by atoms with Crippen LogP contribution in [0.3, 0.4) is 0 Å². The molecule has 3 aromatic rings. The lowest BCUT2D eigenvalue weighted by Gasteiger charge is -2.09. The van der Waals surface area contributed by atoms with Crippen molar-refractivity contribution in [2.45, 2.75) is 6.61 Å². The van der Waals surface area contributed by atoms with Gasteiger partial charge in [-0.05, 0) is 41.5 Å². The lowest BCUT2D eigenvalue weighted by Crippen LogP contribution is -2.07. The van der Waals surface area contributed by atoms with Crippen molar-refractivity contribution in [2.24, 2.45) is 0 Å². The summed E-state index contributed by atoms with van der Waals surface area (Å²) in [6, 6.07) is 22.8. The Hall–Kier alpha value is -3.73. The summed E-state index contributed by atoms with van der Waals surface area (Å²) in [7, 11) is 3.12. The Morgan fingerprint density at radius 3 is 2.31 bits per heavy atom. The van der Waals surface area contributed by atoms with Crippen LogP contribution in [-0.2, 0) is 11.4 Å². The first-order chi connectivity index (χ1) is 14.2. The number of ether oxygens (including phenoxy) is 3. The van der Waals surface area contributed by atoms with Crippen molar-refractivity contribution in [3.63, 3.8) is 0 Å². The Labute approximate surface area is 170 Å². The van der Waals surface area contributed by atoms with Crippen LogP contribution in [0, 0.1) is 0 Å². The molecule has 0 radical (unpaired) electrons. The number of nitrogens with one attached hydrogen (secondary N) is 1. The number of benzene rings is 3. The van der Waals surface area contributed by atoms with Gasteiger partial charge >= 0.3 is 0 Å². The SMILES string of the molecule is COc1ccc(NC(=O)/C=C/c2ccc(OCc3ccccc3)cc2)cc1OC. The zero-order chi connectivity index (χ0) is 20.5. The molecule has 0 aliphatic heterocycles. The number of methoxy groups -OCH3 is 2. The van der Waals surface area contributed by atoms with Gasteiger partial charge in [0.25, 0.3) is 0 Å². The molecule has 0 saturated carbocycles. The average molecular weight is 389 g/mol. The molecule has 0 spiro atoms. The topological polar surface area (TPSA) is 56.8 Å². The number of carbonyl (C=O) groups is 1. The van der Waals surface area contributed by atoms with Crippen LogP contribution in [0.15, 0.2) is 78.9 Å². The smallest absolute Gasteiger partial charge is 0.248 e. The van der Waals surface area contributed by atoms with E-state index in [1.165, 1.54) is 6.08 Å². The molecule has 0 fully saturated rings. The summed E-state index contributed by atoms with van der Waals surface area (Å²) in [4.78, 5) is 12.2. The Balaban J connectivity index is 1.54. The van der Waals surface area contributed by atoms with E-state index in [4.69, 9.17) is 14.2 Å². The normalized spacial score (nSPS) is 10.6. The Kier molecular flexibility index (Phi) is 6.90. The molecule has 3 rings (SSSR count). The van der Waals surface area contributed by atoms with Crippen LogP contribution in [0.25, 0.3) is 6.08 Å². The van der Waals surface area contributed by atoms with E-state index in [9.17, 15) is 4.79 Å². The number of rotatable bonds is 8. The van der Waals surface area contributed by atoms with E-state index in [2.05, 4.69) is 5.32 Å². The minimum Gasteiger partial charge on any atom is -0.493 e. The molecule has 1 amide bonds. The van der Waals surface area contributed by atoms with Crippen LogP contribution in [-0.4, -0.2) is 20.1 Å². The maximum atomic E-state index is 12.2. The maximum absolute atomic E-state index is 12.2. The number of anilines is 1. The standard InChI is InChI=1S/C24H23NO4/c1-27-22-14-11-20(16-23(22)28-2)25-24(26)15-10-18-8-12-21(13-9-18)29-17-19-6-4-3-5-7-19/h3-16H,17H2,1-2H3,(H,25,26)/b15-10+. The second-order valence-corrected chi connectivity index (χ2v) is 6.24. The average Bonchev–Trinajstić information content (AvgIpc) is 2.77. The highest BCUT2D eigenvalue weighted by molar-refractivity contribution is 6.02. The van der Waals surface area contributed by atoms with Crippen LogP contribution < -0.4 is 19.5 Å². The van der Waals surface area contributed by atoms with Crippen molar-refractivity contribution in [3.05, 3.63) is 90.0 Å². The number of amides is 1. The zero-order valence-electron chi connectivity index (χ0n) is 16.4. The molecule has 0 atom stereocenters. The van der Waals surface area contributed by atoms with Gasteiger partial charge < -0.3 is 19.5 Å². The molecule has 5 heteroatoms. The Morgan fingerprint density at radius 2 is 1.62 bits per heavy atom. The molecular weight excluding hydrogens is 366 g/mol. The van der Waals surface area contributed by atoms with Crippen molar-refractivity contribution in [1.82, 2.24) is 0 Å². The lowest BCUT2D eigenvalue weighted by atomic mass is 10.2. The van der Waals surface area contributed by atoms with Crippen LogP contribution >= 0.6 is 0 Å². The molecule has 5 nitrogen and oxygen atoms in total. The fourth-order valence-corrected chi connectivity index (χ4v) is 2.69. The molecule has 0 saturated heterocycles. The zero-order valence-corrected chi connectivity index (χ0v) is 16.4. The highest BCUT2D eigenvalue weighted by atomic mass is 16.5. The maximum Gasteiger partial charge on any atom is 0.248 e. The molecule has 29 heavy (non-hydrogen) atoms. The summed E-state index contributed by atoms with van der Waals surface area (Å²) in [5.41, 5.74) is 2.64. The first-order valence-electron chi connectivity index (χ1n) is 9.16. The fraction of sp³-hybridized carbons (Fsp3) is 0.125. The van der Waals surface area contributed by atoms with Crippen LogP contribution in [0.4, 0.5) is 5.69 Å². The van der Waals surface area contributed by atoms with E-state index < -0.39 is 0 Å². The van der Waals surface area contributed by atoms with E-state index in [0.717, 1.165) is 16.9 Å². The predicted molar refractivity (Wildman–Crippen MR) is 114 cm³/mol. The van der Waals surface area contributed by atoms with Gasteiger partial charge in [-0.15, -0.1) is 0 Å². The highest BCUT2D eigenvalue weighted by Gasteiger charge is 2.06. The molecular formula is C24H23NO4. The minimum absolute atomic E-state index is 0.235. The Morgan fingerprint density at radius 1 is 0.897 bits per heavy atom. The monoisotopic (exact) mass is 389 g/mol. The van der Waals surface area contributed by atoms with Crippen molar-refractivity contribution >= 4 is 17.7 Å². The van der Waals surface area contributed by atoms with Gasteiger partial charge in [-0.1, -0.05) is 42.5 Å². The molecule has 0 aliphatic carbocycles.